The average molecular weight is 304 g/mol. The van der Waals surface area contributed by atoms with E-state index >= 15 is 0 Å². The lowest BCUT2D eigenvalue weighted by Crippen LogP contribution is -2.07. The van der Waals surface area contributed by atoms with Gasteiger partial charge in [0.15, 0.2) is 0 Å². The van der Waals surface area contributed by atoms with Crippen LogP contribution in [0.2, 0.25) is 5.02 Å². The van der Waals surface area contributed by atoms with Crippen LogP contribution in [0.1, 0.15) is 25.6 Å². The van der Waals surface area contributed by atoms with Gasteiger partial charge in [0, 0.05) is 11.5 Å². The van der Waals surface area contributed by atoms with Gasteiger partial charge in [0.1, 0.15) is 23.1 Å². The molecule has 0 radical (unpaired) electrons. The molecular weight excluding hydrogens is 286 g/mol. The van der Waals surface area contributed by atoms with Crippen molar-refractivity contribution in [1.29, 1.82) is 0 Å². The number of nitrogens with two attached hydrogens (primary N) is 1. The van der Waals surface area contributed by atoms with E-state index in [-0.39, 0.29) is 5.92 Å². The van der Waals surface area contributed by atoms with E-state index in [9.17, 15) is 0 Å². The number of terminal acetylenes is 1. The fourth-order valence-corrected chi connectivity index (χ4v) is 2.47. The van der Waals surface area contributed by atoms with Crippen LogP contribution in [0, 0.1) is 12.3 Å². The van der Waals surface area contributed by atoms with Crippen LogP contribution >= 0.6 is 11.6 Å². The molecule has 0 aliphatic carbocycles. The Hall–Kier alpha value is -2.12. The first kappa shape index (κ1) is 15.3. The number of benzene rings is 1. The number of halogens is 1. The number of aromatic nitrogens is 2. The van der Waals surface area contributed by atoms with E-state index in [4.69, 9.17) is 28.5 Å². The van der Waals surface area contributed by atoms with Crippen LogP contribution in [0.3, 0.4) is 0 Å². The summed E-state index contributed by atoms with van der Waals surface area (Å²) in [5.41, 5.74) is 7.75. The SMILES string of the molecule is C#CCn1c(C(C)C)nc(-c2ccc(OC)c(Cl)c2)c1N. The molecule has 0 spiro atoms. The average Bonchev–Trinajstić information content (AvgIpc) is 2.77. The van der Waals surface area contributed by atoms with E-state index in [0.717, 1.165) is 11.4 Å². The topological polar surface area (TPSA) is 53.1 Å². The third-order valence-corrected chi connectivity index (χ3v) is 3.52. The molecule has 0 atom stereocenters. The van der Waals surface area contributed by atoms with Gasteiger partial charge in [-0.2, -0.15) is 0 Å². The maximum Gasteiger partial charge on any atom is 0.137 e. The van der Waals surface area contributed by atoms with Gasteiger partial charge >= 0.3 is 0 Å². The second-order valence-corrected chi connectivity index (χ2v) is 5.41. The van der Waals surface area contributed by atoms with Crippen molar-refractivity contribution in [2.24, 2.45) is 0 Å². The first-order chi connectivity index (χ1) is 9.99. The van der Waals surface area contributed by atoms with Crippen LogP contribution in [-0.4, -0.2) is 16.7 Å². The summed E-state index contributed by atoms with van der Waals surface area (Å²) in [5.74, 6) is 4.87. The highest BCUT2D eigenvalue weighted by atomic mass is 35.5. The first-order valence-electron chi connectivity index (χ1n) is 6.62. The molecule has 0 fully saturated rings. The quantitative estimate of drug-likeness (QED) is 0.879. The van der Waals surface area contributed by atoms with Gasteiger partial charge in [0.05, 0.1) is 18.7 Å². The van der Waals surface area contributed by atoms with Gasteiger partial charge in [-0.05, 0) is 18.2 Å². The number of imidazole rings is 1. The summed E-state index contributed by atoms with van der Waals surface area (Å²) >= 11 is 6.17. The lowest BCUT2D eigenvalue weighted by atomic mass is 10.1. The van der Waals surface area contributed by atoms with Crippen molar-refractivity contribution in [3.05, 3.63) is 29.0 Å². The highest BCUT2D eigenvalue weighted by molar-refractivity contribution is 6.32. The van der Waals surface area contributed by atoms with E-state index in [2.05, 4.69) is 24.8 Å². The van der Waals surface area contributed by atoms with Crippen molar-refractivity contribution in [2.75, 3.05) is 12.8 Å². The molecule has 0 aliphatic rings. The highest BCUT2D eigenvalue weighted by Crippen LogP contribution is 2.34. The number of hydrogen-bond donors (Lipinski definition) is 1. The largest absolute Gasteiger partial charge is 0.495 e. The number of ether oxygens (including phenoxy) is 1. The second-order valence-electron chi connectivity index (χ2n) is 5.00. The molecule has 4 nitrogen and oxygen atoms in total. The van der Waals surface area contributed by atoms with Crippen LogP contribution in [-0.2, 0) is 6.54 Å². The van der Waals surface area contributed by atoms with E-state index < -0.39 is 0 Å². The molecule has 21 heavy (non-hydrogen) atoms. The Morgan fingerprint density at radius 2 is 2.19 bits per heavy atom. The predicted octanol–water partition coefficient (Wildman–Crippen LogP) is 3.55. The molecule has 110 valence electrons. The summed E-state index contributed by atoms with van der Waals surface area (Å²) in [6.07, 6.45) is 5.42. The van der Waals surface area contributed by atoms with Crippen molar-refractivity contribution in [3.8, 4) is 29.4 Å². The monoisotopic (exact) mass is 303 g/mol. The fraction of sp³-hybridized carbons (Fsp3) is 0.312. The number of rotatable bonds is 4. The smallest absolute Gasteiger partial charge is 0.137 e. The summed E-state index contributed by atoms with van der Waals surface area (Å²) < 4.78 is 7.02. The molecule has 0 unspecified atom stereocenters. The van der Waals surface area contributed by atoms with Crippen LogP contribution in [0.4, 0.5) is 5.82 Å². The van der Waals surface area contributed by atoms with E-state index in [0.29, 0.717) is 28.8 Å². The van der Waals surface area contributed by atoms with Crippen molar-refractivity contribution < 1.29 is 4.74 Å². The Labute approximate surface area is 129 Å². The number of anilines is 1. The van der Waals surface area contributed by atoms with Gasteiger partial charge in [0.2, 0.25) is 0 Å². The minimum atomic E-state index is 0.225. The fourth-order valence-electron chi connectivity index (χ4n) is 2.21. The summed E-state index contributed by atoms with van der Waals surface area (Å²) in [6, 6.07) is 5.48. The second kappa shape index (κ2) is 6.11. The zero-order chi connectivity index (χ0) is 15.6. The summed E-state index contributed by atoms with van der Waals surface area (Å²) in [4.78, 5) is 4.64. The molecule has 1 aromatic carbocycles. The Balaban J connectivity index is 2.57. The standard InChI is InChI=1S/C16H18ClN3O/c1-5-8-20-15(18)14(19-16(20)10(2)3)11-6-7-13(21-4)12(17)9-11/h1,6-7,9-10H,8,18H2,2-4H3. The lowest BCUT2D eigenvalue weighted by Gasteiger charge is -2.08. The first-order valence-corrected chi connectivity index (χ1v) is 7.00. The number of nitrogens with zero attached hydrogens (tertiary/aromatic N) is 2. The van der Waals surface area contributed by atoms with Gasteiger partial charge in [0.25, 0.3) is 0 Å². The van der Waals surface area contributed by atoms with Crippen molar-refractivity contribution >= 4 is 17.4 Å². The van der Waals surface area contributed by atoms with Gasteiger partial charge in [-0.3, -0.25) is 0 Å². The van der Waals surface area contributed by atoms with Crippen LogP contribution < -0.4 is 10.5 Å². The summed E-state index contributed by atoms with van der Waals surface area (Å²) in [6.45, 7) is 4.51. The molecule has 1 heterocycles. The molecule has 0 bridgehead atoms. The van der Waals surface area contributed by atoms with Crippen LogP contribution in [0.25, 0.3) is 11.3 Å². The molecule has 0 amide bonds. The molecule has 1 aromatic heterocycles. The minimum Gasteiger partial charge on any atom is -0.495 e. The number of nitrogen functional groups attached to an aromatic ring is 1. The maximum atomic E-state index is 6.21. The van der Waals surface area contributed by atoms with Gasteiger partial charge in [-0.25, -0.2) is 4.98 Å². The molecule has 2 rings (SSSR count). The minimum absolute atomic E-state index is 0.225. The van der Waals surface area contributed by atoms with Crippen molar-refractivity contribution in [2.45, 2.75) is 26.3 Å². The van der Waals surface area contributed by atoms with Crippen molar-refractivity contribution in [3.63, 3.8) is 0 Å². The molecular formula is C16H18ClN3O. The molecule has 2 N–H and O–H groups in total. The Kier molecular flexibility index (Phi) is 4.44. The van der Waals surface area contributed by atoms with E-state index in [1.54, 1.807) is 19.2 Å². The normalized spacial score (nSPS) is 10.7. The van der Waals surface area contributed by atoms with E-state index in [1.165, 1.54) is 0 Å². The predicted molar refractivity (Wildman–Crippen MR) is 86.6 cm³/mol. The molecule has 0 aliphatic heterocycles. The van der Waals surface area contributed by atoms with Crippen LogP contribution in [0.5, 0.6) is 5.75 Å². The van der Waals surface area contributed by atoms with Gasteiger partial charge < -0.3 is 15.0 Å². The zero-order valence-electron chi connectivity index (χ0n) is 12.4. The van der Waals surface area contributed by atoms with Crippen LogP contribution in [0.15, 0.2) is 18.2 Å². The highest BCUT2D eigenvalue weighted by Gasteiger charge is 2.18. The Morgan fingerprint density at radius 3 is 2.71 bits per heavy atom. The van der Waals surface area contributed by atoms with E-state index in [1.807, 2.05) is 10.6 Å². The molecule has 0 saturated heterocycles. The number of hydrogen-bond acceptors (Lipinski definition) is 3. The maximum absolute atomic E-state index is 6.21. The third-order valence-electron chi connectivity index (χ3n) is 3.23. The molecule has 5 heteroatoms. The van der Waals surface area contributed by atoms with Gasteiger partial charge in [-0.15, -0.1) is 6.42 Å². The summed E-state index contributed by atoms with van der Waals surface area (Å²) in [5, 5.41) is 0.520. The Morgan fingerprint density at radius 1 is 1.48 bits per heavy atom. The summed E-state index contributed by atoms with van der Waals surface area (Å²) in [7, 11) is 1.58. The van der Waals surface area contributed by atoms with Gasteiger partial charge in [-0.1, -0.05) is 31.4 Å². The molecule has 2 aromatic rings. The third kappa shape index (κ3) is 2.84. The Bertz CT molecular complexity index is 698. The number of methoxy groups -OCH3 is 1. The lowest BCUT2D eigenvalue weighted by molar-refractivity contribution is 0.415. The molecule has 0 saturated carbocycles. The van der Waals surface area contributed by atoms with Crippen molar-refractivity contribution in [1.82, 2.24) is 9.55 Å². The zero-order valence-corrected chi connectivity index (χ0v) is 13.1.